The first kappa shape index (κ1) is 13.0. The van der Waals surface area contributed by atoms with Crippen molar-refractivity contribution < 1.29 is 9.53 Å². The molecule has 0 atom stereocenters. The highest BCUT2D eigenvalue weighted by molar-refractivity contribution is 7.18. The molecule has 0 amide bonds. The zero-order valence-corrected chi connectivity index (χ0v) is 10.8. The maximum atomic E-state index is 11.6. The van der Waals surface area contributed by atoms with E-state index >= 15 is 0 Å². The van der Waals surface area contributed by atoms with Crippen LogP contribution in [0.4, 0.5) is 10.7 Å². The van der Waals surface area contributed by atoms with E-state index in [2.05, 4.69) is 0 Å². The molecule has 0 aromatic carbocycles. The Morgan fingerprint density at radius 1 is 1.62 bits per heavy atom. The average Bonchev–Trinajstić information content (AvgIpc) is 2.67. The summed E-state index contributed by atoms with van der Waals surface area (Å²) in [6.45, 7) is 3.29. The maximum absolute atomic E-state index is 11.6. The number of likely N-dealkylation sites (N-methyl/N-ethyl adjacent to an activating group) is 1. The molecule has 5 heteroatoms. The fourth-order valence-electron chi connectivity index (χ4n) is 1.30. The van der Waals surface area contributed by atoms with E-state index in [0.717, 1.165) is 11.5 Å². The first-order valence-corrected chi connectivity index (χ1v) is 6.04. The van der Waals surface area contributed by atoms with Gasteiger partial charge in [0.1, 0.15) is 0 Å². The van der Waals surface area contributed by atoms with E-state index in [-0.39, 0.29) is 5.78 Å². The van der Waals surface area contributed by atoms with Crippen molar-refractivity contribution in [1.29, 1.82) is 0 Å². The minimum Gasteiger partial charge on any atom is -0.397 e. The summed E-state index contributed by atoms with van der Waals surface area (Å²) >= 11 is 1.45. The number of methoxy groups -OCH3 is 1. The number of carbonyl (C=O) groups is 1. The summed E-state index contributed by atoms with van der Waals surface area (Å²) < 4.78 is 5.00. The fourth-order valence-corrected chi connectivity index (χ4v) is 2.37. The van der Waals surface area contributed by atoms with Gasteiger partial charge in [0.25, 0.3) is 0 Å². The third-order valence-electron chi connectivity index (χ3n) is 2.33. The van der Waals surface area contributed by atoms with Gasteiger partial charge in [-0.25, -0.2) is 0 Å². The fraction of sp³-hybridized carbons (Fsp3) is 0.545. The maximum Gasteiger partial charge on any atom is 0.174 e. The van der Waals surface area contributed by atoms with Crippen molar-refractivity contribution in [3.8, 4) is 0 Å². The number of nitrogens with two attached hydrogens (primary N) is 1. The summed E-state index contributed by atoms with van der Waals surface area (Å²) in [6.07, 6.45) is 0.492. The number of carbonyl (C=O) groups excluding carboxylic acids is 1. The van der Waals surface area contributed by atoms with Crippen LogP contribution in [0.25, 0.3) is 0 Å². The van der Waals surface area contributed by atoms with Crippen LogP contribution < -0.4 is 10.6 Å². The van der Waals surface area contributed by atoms with Gasteiger partial charge in [0.2, 0.25) is 0 Å². The topological polar surface area (TPSA) is 55.6 Å². The summed E-state index contributed by atoms with van der Waals surface area (Å²) in [6, 6.07) is 1.85. The molecule has 1 heterocycles. The van der Waals surface area contributed by atoms with E-state index in [1.807, 2.05) is 24.9 Å². The summed E-state index contributed by atoms with van der Waals surface area (Å²) in [5.41, 5.74) is 6.40. The molecule has 1 rings (SSSR count). The van der Waals surface area contributed by atoms with Gasteiger partial charge in [0, 0.05) is 27.1 Å². The van der Waals surface area contributed by atoms with Crippen LogP contribution in [0.1, 0.15) is 23.0 Å². The van der Waals surface area contributed by atoms with E-state index in [1.165, 1.54) is 11.3 Å². The van der Waals surface area contributed by atoms with Crippen molar-refractivity contribution >= 4 is 27.8 Å². The minimum absolute atomic E-state index is 0.105. The zero-order valence-electron chi connectivity index (χ0n) is 9.95. The molecule has 0 saturated heterocycles. The monoisotopic (exact) mass is 242 g/mol. The molecule has 0 aliphatic heterocycles. The molecule has 4 nitrogen and oxygen atoms in total. The van der Waals surface area contributed by atoms with E-state index < -0.39 is 0 Å². The molecule has 0 unspecified atom stereocenters. The van der Waals surface area contributed by atoms with Gasteiger partial charge in [-0.15, -0.1) is 11.3 Å². The Balaban J connectivity index is 2.79. The van der Waals surface area contributed by atoms with Crippen LogP contribution in [0.2, 0.25) is 0 Å². The van der Waals surface area contributed by atoms with Crippen LogP contribution in [0.5, 0.6) is 0 Å². The quantitative estimate of drug-likeness (QED) is 0.775. The lowest BCUT2D eigenvalue weighted by Gasteiger charge is -2.15. The van der Waals surface area contributed by atoms with Gasteiger partial charge in [0.05, 0.1) is 22.2 Å². The van der Waals surface area contributed by atoms with E-state index in [1.54, 1.807) is 7.11 Å². The van der Waals surface area contributed by atoms with Gasteiger partial charge in [-0.3, -0.25) is 4.79 Å². The zero-order chi connectivity index (χ0) is 12.1. The van der Waals surface area contributed by atoms with Crippen molar-refractivity contribution in [2.75, 3.05) is 37.9 Å². The molecule has 2 N–H and O–H groups in total. The standard InChI is InChI=1S/C11H18N2O2S/c1-4-9(14)11-8(12)7-10(16-11)13(2)5-6-15-3/h7H,4-6,12H2,1-3H3. The molecule has 0 fully saturated rings. The number of nitrogen functional groups attached to an aromatic ring is 1. The first-order chi connectivity index (χ1) is 7.60. The van der Waals surface area contributed by atoms with Crippen LogP contribution >= 0.6 is 11.3 Å². The summed E-state index contributed by atoms with van der Waals surface area (Å²) in [5, 5.41) is 1.01. The van der Waals surface area contributed by atoms with Crippen molar-refractivity contribution in [1.82, 2.24) is 0 Å². The Morgan fingerprint density at radius 3 is 2.88 bits per heavy atom. The number of hydrogen-bond donors (Lipinski definition) is 1. The molecule has 0 radical (unpaired) electrons. The van der Waals surface area contributed by atoms with Gasteiger partial charge >= 0.3 is 0 Å². The van der Waals surface area contributed by atoms with Crippen LogP contribution in [0, 0.1) is 0 Å². The van der Waals surface area contributed by atoms with Crippen LogP contribution in [-0.2, 0) is 4.74 Å². The molecule has 90 valence electrons. The molecule has 0 bridgehead atoms. The molecule has 16 heavy (non-hydrogen) atoms. The predicted octanol–water partition coefficient (Wildman–Crippen LogP) is 2.01. The molecule has 1 aromatic rings. The molecular weight excluding hydrogens is 224 g/mol. The summed E-state index contributed by atoms with van der Waals surface area (Å²) in [7, 11) is 3.63. The largest absolute Gasteiger partial charge is 0.397 e. The van der Waals surface area contributed by atoms with Gasteiger partial charge in [0.15, 0.2) is 5.78 Å². The highest BCUT2D eigenvalue weighted by Crippen LogP contribution is 2.32. The number of rotatable bonds is 6. The van der Waals surface area contributed by atoms with Crippen molar-refractivity contribution in [2.24, 2.45) is 0 Å². The SMILES string of the molecule is CCC(=O)c1sc(N(C)CCOC)cc1N. The number of ketones is 1. The highest BCUT2D eigenvalue weighted by Gasteiger charge is 2.14. The van der Waals surface area contributed by atoms with Gasteiger partial charge in [-0.05, 0) is 6.07 Å². The Hall–Kier alpha value is -1.07. The molecule has 1 aromatic heterocycles. The van der Waals surface area contributed by atoms with Crippen molar-refractivity contribution in [3.05, 3.63) is 10.9 Å². The number of nitrogens with zero attached hydrogens (tertiary/aromatic N) is 1. The minimum atomic E-state index is 0.105. The molecule has 0 aliphatic carbocycles. The summed E-state index contributed by atoms with van der Waals surface area (Å²) in [4.78, 5) is 14.3. The number of hydrogen-bond acceptors (Lipinski definition) is 5. The Morgan fingerprint density at radius 2 is 2.31 bits per heavy atom. The second-order valence-electron chi connectivity index (χ2n) is 3.56. The number of Topliss-reactive ketones (excluding diaryl/α,β-unsaturated/α-hetero) is 1. The van der Waals surface area contributed by atoms with Gasteiger partial charge < -0.3 is 15.4 Å². The van der Waals surface area contributed by atoms with Crippen LogP contribution in [0.3, 0.4) is 0 Å². The Kier molecular flexibility index (Phi) is 4.76. The van der Waals surface area contributed by atoms with Crippen molar-refractivity contribution in [3.63, 3.8) is 0 Å². The van der Waals surface area contributed by atoms with Crippen LogP contribution in [0.15, 0.2) is 6.07 Å². The average molecular weight is 242 g/mol. The normalized spacial score (nSPS) is 10.4. The first-order valence-electron chi connectivity index (χ1n) is 5.22. The summed E-state index contributed by atoms with van der Waals surface area (Å²) in [5.74, 6) is 0.105. The second-order valence-corrected chi connectivity index (χ2v) is 4.59. The number of anilines is 2. The Labute approximate surface area is 100 Å². The van der Waals surface area contributed by atoms with E-state index in [0.29, 0.717) is 23.6 Å². The van der Waals surface area contributed by atoms with Gasteiger partial charge in [-0.2, -0.15) is 0 Å². The lowest BCUT2D eigenvalue weighted by Crippen LogP contribution is -2.20. The van der Waals surface area contributed by atoms with E-state index in [4.69, 9.17) is 10.5 Å². The van der Waals surface area contributed by atoms with Gasteiger partial charge in [-0.1, -0.05) is 6.92 Å². The van der Waals surface area contributed by atoms with Crippen molar-refractivity contribution in [2.45, 2.75) is 13.3 Å². The lowest BCUT2D eigenvalue weighted by atomic mass is 10.2. The lowest BCUT2D eigenvalue weighted by molar-refractivity contribution is 0.0993. The predicted molar refractivity (Wildman–Crippen MR) is 68.5 cm³/mol. The number of ether oxygens (including phenoxy) is 1. The second kappa shape index (κ2) is 5.86. The third-order valence-corrected chi connectivity index (χ3v) is 3.64. The molecular formula is C11H18N2O2S. The smallest absolute Gasteiger partial charge is 0.174 e. The number of thiophene rings is 1. The third kappa shape index (κ3) is 2.96. The molecule has 0 aliphatic rings. The molecule has 0 spiro atoms. The molecule has 0 saturated carbocycles. The van der Waals surface area contributed by atoms with Crippen LogP contribution in [-0.4, -0.2) is 33.1 Å². The van der Waals surface area contributed by atoms with E-state index in [9.17, 15) is 4.79 Å². The highest BCUT2D eigenvalue weighted by atomic mass is 32.1. The Bertz CT molecular complexity index is 363.